The minimum atomic E-state index is -0.185. The van der Waals surface area contributed by atoms with Gasteiger partial charge in [0.1, 0.15) is 0 Å². The summed E-state index contributed by atoms with van der Waals surface area (Å²) >= 11 is 0. The molecular weight excluding hydrogens is 268 g/mol. The zero-order valence-electron chi connectivity index (χ0n) is 12.7. The highest BCUT2D eigenvalue weighted by molar-refractivity contribution is 6.02. The molecule has 1 aromatic carbocycles. The van der Waals surface area contributed by atoms with E-state index in [9.17, 15) is 14.4 Å². The number of rotatable bonds is 4. The predicted molar refractivity (Wildman–Crippen MR) is 79.9 cm³/mol. The number of amides is 3. The van der Waals surface area contributed by atoms with Gasteiger partial charge in [-0.15, -0.1) is 0 Å². The SMILES string of the molecule is Cc1cc(C)c(NC(=O)CCN2C(=O)CCC2=O)c(C)c1. The Morgan fingerprint density at radius 2 is 1.62 bits per heavy atom. The Balaban J connectivity index is 1.96. The van der Waals surface area contributed by atoms with Crippen molar-refractivity contribution in [3.63, 3.8) is 0 Å². The van der Waals surface area contributed by atoms with Gasteiger partial charge in [-0.05, 0) is 31.9 Å². The van der Waals surface area contributed by atoms with Gasteiger partial charge in [0.05, 0.1) is 0 Å². The fourth-order valence-electron chi connectivity index (χ4n) is 2.66. The molecule has 0 aliphatic carbocycles. The van der Waals surface area contributed by atoms with Crippen molar-refractivity contribution >= 4 is 23.4 Å². The number of benzene rings is 1. The van der Waals surface area contributed by atoms with E-state index in [2.05, 4.69) is 5.32 Å². The van der Waals surface area contributed by atoms with Crippen molar-refractivity contribution in [3.8, 4) is 0 Å². The van der Waals surface area contributed by atoms with Gasteiger partial charge in [0.25, 0.3) is 0 Å². The van der Waals surface area contributed by atoms with Crippen LogP contribution in [0.5, 0.6) is 0 Å². The van der Waals surface area contributed by atoms with E-state index in [0.29, 0.717) is 0 Å². The van der Waals surface area contributed by atoms with Crippen LogP contribution in [0.25, 0.3) is 0 Å². The van der Waals surface area contributed by atoms with Crippen LogP contribution >= 0.6 is 0 Å². The second kappa shape index (κ2) is 6.08. The highest BCUT2D eigenvalue weighted by atomic mass is 16.2. The van der Waals surface area contributed by atoms with Crippen LogP contribution in [0, 0.1) is 20.8 Å². The van der Waals surface area contributed by atoms with E-state index < -0.39 is 0 Å². The highest BCUT2D eigenvalue weighted by Gasteiger charge is 2.28. The van der Waals surface area contributed by atoms with Crippen LogP contribution in [0.2, 0.25) is 0 Å². The van der Waals surface area contributed by atoms with Crippen molar-refractivity contribution in [2.75, 3.05) is 11.9 Å². The van der Waals surface area contributed by atoms with Crippen molar-refractivity contribution in [2.45, 2.75) is 40.0 Å². The lowest BCUT2D eigenvalue weighted by Gasteiger charge is -2.15. The minimum Gasteiger partial charge on any atom is -0.326 e. The maximum absolute atomic E-state index is 12.0. The van der Waals surface area contributed by atoms with Crippen LogP contribution in [0.3, 0.4) is 0 Å². The summed E-state index contributed by atoms with van der Waals surface area (Å²) in [5, 5.41) is 2.87. The van der Waals surface area contributed by atoms with Crippen molar-refractivity contribution in [3.05, 3.63) is 28.8 Å². The topological polar surface area (TPSA) is 66.5 Å². The van der Waals surface area contributed by atoms with Gasteiger partial charge in [-0.2, -0.15) is 0 Å². The number of anilines is 1. The number of carbonyl (C=O) groups is 3. The van der Waals surface area contributed by atoms with Gasteiger partial charge in [-0.25, -0.2) is 0 Å². The summed E-state index contributed by atoms with van der Waals surface area (Å²) < 4.78 is 0. The van der Waals surface area contributed by atoms with Crippen LogP contribution in [-0.4, -0.2) is 29.2 Å². The Morgan fingerprint density at radius 1 is 1.10 bits per heavy atom. The van der Waals surface area contributed by atoms with E-state index in [1.807, 2.05) is 32.9 Å². The van der Waals surface area contributed by atoms with Gasteiger partial charge in [0, 0.05) is 31.5 Å². The zero-order chi connectivity index (χ0) is 15.6. The molecule has 0 radical (unpaired) electrons. The summed E-state index contributed by atoms with van der Waals surface area (Å²) in [6, 6.07) is 4.02. The largest absolute Gasteiger partial charge is 0.326 e. The Bertz CT molecular complexity index is 569. The molecule has 1 N–H and O–H groups in total. The third-order valence-electron chi connectivity index (χ3n) is 3.66. The van der Waals surface area contributed by atoms with Gasteiger partial charge in [0.2, 0.25) is 17.7 Å². The Labute approximate surface area is 124 Å². The number of likely N-dealkylation sites (tertiary alicyclic amines) is 1. The Hall–Kier alpha value is -2.17. The number of imide groups is 1. The quantitative estimate of drug-likeness (QED) is 0.863. The molecule has 0 saturated carbocycles. The first-order valence-corrected chi connectivity index (χ1v) is 7.09. The van der Waals surface area contributed by atoms with Gasteiger partial charge in [0.15, 0.2) is 0 Å². The van der Waals surface area contributed by atoms with Crippen molar-refractivity contribution in [1.82, 2.24) is 4.90 Å². The number of nitrogens with zero attached hydrogens (tertiary/aromatic N) is 1. The smallest absolute Gasteiger partial charge is 0.229 e. The average molecular weight is 288 g/mol. The lowest BCUT2D eigenvalue weighted by molar-refractivity contribution is -0.138. The summed E-state index contributed by atoms with van der Waals surface area (Å²) in [5.74, 6) is -0.552. The third kappa shape index (κ3) is 3.48. The third-order valence-corrected chi connectivity index (χ3v) is 3.66. The van der Waals surface area contributed by atoms with E-state index >= 15 is 0 Å². The van der Waals surface area contributed by atoms with E-state index in [1.165, 1.54) is 4.90 Å². The highest BCUT2D eigenvalue weighted by Crippen LogP contribution is 2.22. The van der Waals surface area contributed by atoms with Crippen LogP contribution in [0.15, 0.2) is 12.1 Å². The molecule has 0 unspecified atom stereocenters. The molecule has 1 aromatic rings. The van der Waals surface area contributed by atoms with Crippen molar-refractivity contribution in [2.24, 2.45) is 0 Å². The maximum Gasteiger partial charge on any atom is 0.229 e. The summed E-state index contributed by atoms with van der Waals surface area (Å²) in [7, 11) is 0. The molecule has 2 rings (SSSR count). The minimum absolute atomic E-state index is 0.129. The first-order valence-electron chi connectivity index (χ1n) is 7.09. The molecule has 1 aliphatic heterocycles. The second-order valence-electron chi connectivity index (χ2n) is 5.51. The summed E-state index contributed by atoms with van der Waals surface area (Å²) in [6.45, 7) is 6.07. The van der Waals surface area contributed by atoms with Crippen LogP contribution in [0.4, 0.5) is 5.69 Å². The molecule has 1 saturated heterocycles. The molecule has 5 nitrogen and oxygen atoms in total. The zero-order valence-corrected chi connectivity index (χ0v) is 12.7. The number of nitrogens with one attached hydrogen (secondary N) is 1. The standard InChI is InChI=1S/C16H20N2O3/c1-10-8-11(2)16(12(3)9-10)17-13(19)6-7-18-14(20)4-5-15(18)21/h8-9H,4-7H2,1-3H3,(H,17,19). The molecule has 0 bridgehead atoms. The van der Waals surface area contributed by atoms with E-state index in [1.54, 1.807) is 0 Å². The average Bonchev–Trinajstić information content (AvgIpc) is 2.71. The first kappa shape index (κ1) is 15.2. The van der Waals surface area contributed by atoms with Crippen LogP contribution < -0.4 is 5.32 Å². The van der Waals surface area contributed by atoms with Crippen LogP contribution in [-0.2, 0) is 14.4 Å². The van der Waals surface area contributed by atoms with E-state index in [4.69, 9.17) is 0 Å². The molecule has 3 amide bonds. The lowest BCUT2D eigenvalue weighted by atomic mass is 10.1. The lowest BCUT2D eigenvalue weighted by Crippen LogP contribution is -2.32. The summed E-state index contributed by atoms with van der Waals surface area (Å²) in [5.41, 5.74) is 3.98. The Kier molecular flexibility index (Phi) is 4.40. The molecular formula is C16H20N2O3. The maximum atomic E-state index is 12.0. The van der Waals surface area contributed by atoms with Crippen LogP contribution in [0.1, 0.15) is 36.0 Å². The molecule has 1 fully saturated rings. The predicted octanol–water partition coefficient (Wildman–Crippen LogP) is 2.09. The fourth-order valence-corrected chi connectivity index (χ4v) is 2.66. The van der Waals surface area contributed by atoms with Gasteiger partial charge in [-0.1, -0.05) is 17.7 Å². The molecule has 1 aliphatic rings. The number of hydrogen-bond donors (Lipinski definition) is 1. The Morgan fingerprint density at radius 3 is 2.14 bits per heavy atom. The molecule has 0 atom stereocenters. The normalized spacial score (nSPS) is 14.7. The van der Waals surface area contributed by atoms with E-state index in [0.717, 1.165) is 22.4 Å². The second-order valence-corrected chi connectivity index (χ2v) is 5.51. The molecule has 1 heterocycles. The van der Waals surface area contributed by atoms with Crippen molar-refractivity contribution < 1.29 is 14.4 Å². The van der Waals surface area contributed by atoms with Gasteiger partial charge >= 0.3 is 0 Å². The summed E-state index contributed by atoms with van der Waals surface area (Å²) in [4.78, 5) is 36.1. The number of hydrogen-bond acceptors (Lipinski definition) is 3. The molecule has 0 aromatic heterocycles. The molecule has 5 heteroatoms. The van der Waals surface area contributed by atoms with Gasteiger partial charge < -0.3 is 5.32 Å². The first-order chi connectivity index (χ1) is 9.88. The monoisotopic (exact) mass is 288 g/mol. The van der Waals surface area contributed by atoms with Gasteiger partial charge in [-0.3, -0.25) is 19.3 Å². The number of aryl methyl sites for hydroxylation is 3. The molecule has 0 spiro atoms. The molecule has 21 heavy (non-hydrogen) atoms. The van der Waals surface area contributed by atoms with E-state index in [-0.39, 0.29) is 43.5 Å². The fraction of sp³-hybridized carbons (Fsp3) is 0.438. The number of carbonyl (C=O) groups excluding carboxylic acids is 3. The summed E-state index contributed by atoms with van der Waals surface area (Å²) in [6.07, 6.45) is 0.650. The molecule has 112 valence electrons. The van der Waals surface area contributed by atoms with Crippen molar-refractivity contribution in [1.29, 1.82) is 0 Å².